The first kappa shape index (κ1) is 22.7. The monoisotopic (exact) mass is 449 g/mol. The number of amides is 3. The highest BCUT2D eigenvalue weighted by atomic mass is 16.5. The summed E-state index contributed by atoms with van der Waals surface area (Å²) in [5.74, 6) is -1.68. The Morgan fingerprint density at radius 2 is 1.45 bits per heavy atom. The number of rotatable bonds is 7. The van der Waals surface area contributed by atoms with Gasteiger partial charge in [-0.15, -0.1) is 0 Å². The molecule has 0 saturated carbocycles. The topological polar surface area (TPSA) is 87.2 Å². The molecule has 2 aromatic rings. The Bertz CT molecular complexity index is 1010. The molecule has 2 aliphatic heterocycles. The van der Waals surface area contributed by atoms with Crippen molar-refractivity contribution in [3.05, 3.63) is 71.3 Å². The molecule has 2 aliphatic rings. The van der Waals surface area contributed by atoms with E-state index in [-0.39, 0.29) is 18.9 Å². The molecule has 0 radical (unpaired) electrons. The third kappa shape index (κ3) is 5.12. The molecule has 0 aliphatic carbocycles. The van der Waals surface area contributed by atoms with E-state index in [1.54, 1.807) is 36.1 Å². The first-order valence-corrected chi connectivity index (χ1v) is 11.1. The fourth-order valence-corrected chi connectivity index (χ4v) is 4.18. The van der Waals surface area contributed by atoms with Crippen LogP contribution in [0.2, 0.25) is 0 Å². The zero-order chi connectivity index (χ0) is 23.4. The van der Waals surface area contributed by atoms with E-state index in [9.17, 15) is 19.2 Å². The molecule has 1 atom stereocenters. The van der Waals surface area contributed by atoms with Crippen LogP contribution in [0.15, 0.2) is 54.6 Å². The number of esters is 1. The van der Waals surface area contributed by atoms with Gasteiger partial charge in [-0.2, -0.15) is 0 Å². The average molecular weight is 450 g/mol. The van der Waals surface area contributed by atoms with Crippen molar-refractivity contribution in [1.29, 1.82) is 0 Å². The Balaban J connectivity index is 1.21. The maximum Gasteiger partial charge on any atom is 0.308 e. The highest BCUT2D eigenvalue weighted by Gasteiger charge is 2.35. The fraction of sp³-hybridized carbons (Fsp3) is 0.360. The van der Waals surface area contributed by atoms with E-state index in [2.05, 4.69) is 17.0 Å². The minimum atomic E-state index is -0.916. The van der Waals surface area contributed by atoms with Crippen LogP contribution in [-0.4, -0.2) is 77.2 Å². The van der Waals surface area contributed by atoms with Crippen molar-refractivity contribution in [2.24, 2.45) is 0 Å². The number of benzene rings is 2. The van der Waals surface area contributed by atoms with Gasteiger partial charge in [-0.05, 0) is 24.6 Å². The number of imide groups is 1. The van der Waals surface area contributed by atoms with Crippen LogP contribution in [0.3, 0.4) is 0 Å². The van der Waals surface area contributed by atoms with Gasteiger partial charge in [0, 0.05) is 39.3 Å². The number of piperazine rings is 1. The molecule has 0 bridgehead atoms. The SMILES string of the molecule is C[C@@H](OC(=O)CCN1C(=O)c2ccccc2C1=O)C(=O)N1CCN(Cc2ccccc2)CC1. The minimum absolute atomic E-state index is 0.0791. The van der Waals surface area contributed by atoms with Gasteiger partial charge in [0.1, 0.15) is 0 Å². The second-order valence-corrected chi connectivity index (χ2v) is 8.28. The third-order valence-corrected chi connectivity index (χ3v) is 6.01. The third-order valence-electron chi connectivity index (χ3n) is 6.01. The van der Waals surface area contributed by atoms with E-state index >= 15 is 0 Å². The van der Waals surface area contributed by atoms with Gasteiger partial charge in [0.15, 0.2) is 6.10 Å². The van der Waals surface area contributed by atoms with Gasteiger partial charge >= 0.3 is 5.97 Å². The van der Waals surface area contributed by atoms with Gasteiger partial charge in [-0.3, -0.25) is 29.0 Å². The lowest BCUT2D eigenvalue weighted by atomic mass is 10.1. The number of nitrogens with zero attached hydrogens (tertiary/aromatic N) is 3. The highest BCUT2D eigenvalue weighted by molar-refractivity contribution is 6.21. The molecular weight excluding hydrogens is 422 g/mol. The van der Waals surface area contributed by atoms with Gasteiger partial charge in [-0.1, -0.05) is 42.5 Å². The van der Waals surface area contributed by atoms with Crippen LogP contribution in [0.25, 0.3) is 0 Å². The molecule has 0 spiro atoms. The highest BCUT2D eigenvalue weighted by Crippen LogP contribution is 2.22. The second-order valence-electron chi connectivity index (χ2n) is 8.28. The quantitative estimate of drug-likeness (QED) is 0.474. The molecule has 2 aromatic carbocycles. The first-order chi connectivity index (χ1) is 15.9. The smallest absolute Gasteiger partial charge is 0.308 e. The van der Waals surface area contributed by atoms with Crippen LogP contribution in [0.5, 0.6) is 0 Å². The molecule has 4 rings (SSSR count). The summed E-state index contributed by atoms with van der Waals surface area (Å²) in [4.78, 5) is 54.8. The van der Waals surface area contributed by atoms with Crippen molar-refractivity contribution in [1.82, 2.24) is 14.7 Å². The van der Waals surface area contributed by atoms with Crippen LogP contribution < -0.4 is 0 Å². The summed E-state index contributed by atoms with van der Waals surface area (Å²) in [5, 5.41) is 0. The van der Waals surface area contributed by atoms with Gasteiger partial charge in [0.2, 0.25) is 0 Å². The van der Waals surface area contributed by atoms with E-state index in [4.69, 9.17) is 4.74 Å². The van der Waals surface area contributed by atoms with Crippen molar-refractivity contribution in [3.8, 4) is 0 Å². The van der Waals surface area contributed by atoms with Gasteiger partial charge in [0.25, 0.3) is 17.7 Å². The largest absolute Gasteiger partial charge is 0.452 e. The maximum atomic E-state index is 12.7. The minimum Gasteiger partial charge on any atom is -0.452 e. The summed E-state index contributed by atoms with van der Waals surface area (Å²) in [6.45, 7) is 4.96. The molecule has 33 heavy (non-hydrogen) atoms. The zero-order valence-corrected chi connectivity index (χ0v) is 18.6. The lowest BCUT2D eigenvalue weighted by Crippen LogP contribution is -2.51. The summed E-state index contributed by atoms with van der Waals surface area (Å²) < 4.78 is 5.30. The number of hydrogen-bond donors (Lipinski definition) is 0. The van der Waals surface area contributed by atoms with Crippen molar-refractivity contribution in [3.63, 3.8) is 0 Å². The van der Waals surface area contributed by atoms with Crippen molar-refractivity contribution >= 4 is 23.7 Å². The molecule has 0 N–H and O–H groups in total. The van der Waals surface area contributed by atoms with E-state index in [0.29, 0.717) is 24.2 Å². The number of fused-ring (bicyclic) bond motifs is 1. The van der Waals surface area contributed by atoms with Crippen molar-refractivity contribution in [2.45, 2.75) is 26.0 Å². The predicted octanol–water partition coefficient (Wildman–Crippen LogP) is 1.95. The molecule has 172 valence electrons. The van der Waals surface area contributed by atoms with Crippen LogP contribution in [0.1, 0.15) is 39.6 Å². The first-order valence-electron chi connectivity index (χ1n) is 11.1. The summed E-state index contributed by atoms with van der Waals surface area (Å²) in [6, 6.07) is 16.7. The van der Waals surface area contributed by atoms with Crippen LogP contribution in [0.4, 0.5) is 0 Å². The van der Waals surface area contributed by atoms with Crippen molar-refractivity contribution in [2.75, 3.05) is 32.7 Å². The van der Waals surface area contributed by atoms with Crippen LogP contribution >= 0.6 is 0 Å². The molecule has 8 heteroatoms. The lowest BCUT2D eigenvalue weighted by Gasteiger charge is -2.35. The molecule has 1 fully saturated rings. The number of hydrogen-bond acceptors (Lipinski definition) is 6. The van der Waals surface area contributed by atoms with Gasteiger partial charge in [-0.25, -0.2) is 0 Å². The summed E-state index contributed by atoms with van der Waals surface area (Å²) in [5.41, 5.74) is 1.91. The molecule has 3 amide bonds. The number of ether oxygens (including phenoxy) is 1. The van der Waals surface area contributed by atoms with Gasteiger partial charge < -0.3 is 9.64 Å². The Hall–Kier alpha value is -3.52. The Kier molecular flexibility index (Phi) is 6.84. The maximum absolute atomic E-state index is 12.7. The van der Waals surface area contributed by atoms with Crippen LogP contribution in [-0.2, 0) is 20.9 Å². The summed E-state index contributed by atoms with van der Waals surface area (Å²) in [6.07, 6.45) is -1.08. The fourth-order valence-electron chi connectivity index (χ4n) is 4.18. The molecule has 8 nitrogen and oxygen atoms in total. The Morgan fingerprint density at radius 3 is 2.06 bits per heavy atom. The average Bonchev–Trinajstić information content (AvgIpc) is 3.08. The predicted molar refractivity (Wildman–Crippen MR) is 120 cm³/mol. The summed E-state index contributed by atoms with van der Waals surface area (Å²) in [7, 11) is 0. The number of carbonyl (C=O) groups is 4. The van der Waals surface area contributed by atoms with E-state index in [1.807, 2.05) is 18.2 Å². The zero-order valence-electron chi connectivity index (χ0n) is 18.6. The molecule has 2 heterocycles. The molecule has 0 unspecified atom stereocenters. The Morgan fingerprint density at radius 1 is 0.879 bits per heavy atom. The molecule has 0 aromatic heterocycles. The van der Waals surface area contributed by atoms with Crippen molar-refractivity contribution < 1.29 is 23.9 Å². The van der Waals surface area contributed by atoms with E-state index < -0.39 is 23.9 Å². The Labute approximate surface area is 192 Å². The normalized spacial score (nSPS) is 17.1. The second kappa shape index (κ2) is 9.95. The van der Waals surface area contributed by atoms with Gasteiger partial charge in [0.05, 0.1) is 17.5 Å². The summed E-state index contributed by atoms with van der Waals surface area (Å²) >= 11 is 0. The molecule has 1 saturated heterocycles. The number of carbonyl (C=O) groups excluding carboxylic acids is 4. The van der Waals surface area contributed by atoms with E-state index in [1.165, 1.54) is 5.56 Å². The lowest BCUT2D eigenvalue weighted by molar-refractivity contribution is -0.160. The molecular formula is C25H27N3O5. The standard InChI is InChI=1S/C25H27N3O5/c1-18(23(30)27-15-13-26(14-16-27)17-19-7-3-2-4-8-19)33-22(29)11-12-28-24(31)20-9-5-6-10-21(20)25(28)32/h2-10,18H,11-17H2,1H3/t18-/m1/s1. The van der Waals surface area contributed by atoms with E-state index in [0.717, 1.165) is 24.5 Å². The van der Waals surface area contributed by atoms with Crippen LogP contribution in [0, 0.1) is 0 Å².